The SMILES string of the molecule is O=c1c2nccn2c2cc(Cl)c(Br)cc2n1-c1cccc2[nH]ccc12. The van der Waals surface area contributed by atoms with Gasteiger partial charge in [0.1, 0.15) is 0 Å². The molecule has 0 unspecified atom stereocenters. The molecule has 3 aromatic heterocycles. The number of aromatic amines is 1. The number of fused-ring (bicyclic) bond motifs is 4. The van der Waals surface area contributed by atoms with Gasteiger partial charge in [0, 0.05) is 34.0 Å². The Morgan fingerprint density at radius 2 is 2.04 bits per heavy atom. The van der Waals surface area contributed by atoms with Crippen LogP contribution in [0.5, 0.6) is 0 Å². The summed E-state index contributed by atoms with van der Waals surface area (Å²) in [7, 11) is 0. The molecule has 0 atom stereocenters. The van der Waals surface area contributed by atoms with E-state index in [4.69, 9.17) is 11.6 Å². The lowest BCUT2D eigenvalue weighted by molar-refractivity contribution is 1.02. The van der Waals surface area contributed by atoms with Crippen molar-refractivity contribution in [2.24, 2.45) is 0 Å². The maximum atomic E-state index is 13.2. The molecule has 122 valence electrons. The molecule has 0 aliphatic carbocycles. The van der Waals surface area contributed by atoms with Gasteiger partial charge in [-0.15, -0.1) is 0 Å². The predicted octanol–water partition coefficient (Wildman–Crippen LogP) is 4.54. The Hall–Kier alpha value is -2.57. The van der Waals surface area contributed by atoms with E-state index in [1.807, 2.05) is 42.6 Å². The summed E-state index contributed by atoms with van der Waals surface area (Å²) in [5.74, 6) is 0. The lowest BCUT2D eigenvalue weighted by Gasteiger charge is -2.14. The molecule has 7 heteroatoms. The topological polar surface area (TPSA) is 55.1 Å². The highest BCUT2D eigenvalue weighted by Crippen LogP contribution is 2.30. The zero-order valence-corrected chi connectivity index (χ0v) is 15.0. The second kappa shape index (κ2) is 5.21. The van der Waals surface area contributed by atoms with Crippen molar-refractivity contribution in [3.63, 3.8) is 0 Å². The van der Waals surface area contributed by atoms with Crippen LogP contribution in [0.2, 0.25) is 5.02 Å². The quantitative estimate of drug-likeness (QED) is 0.439. The number of aromatic nitrogens is 4. The monoisotopic (exact) mass is 412 g/mol. The zero-order chi connectivity index (χ0) is 17.1. The van der Waals surface area contributed by atoms with Gasteiger partial charge in [0.2, 0.25) is 5.65 Å². The van der Waals surface area contributed by atoms with Crippen LogP contribution in [0, 0.1) is 0 Å². The smallest absolute Gasteiger partial charge is 0.299 e. The molecule has 0 bridgehead atoms. The second-order valence-corrected chi connectivity index (χ2v) is 6.99. The molecule has 0 radical (unpaired) electrons. The number of imidazole rings is 1. The maximum absolute atomic E-state index is 13.2. The van der Waals surface area contributed by atoms with E-state index in [-0.39, 0.29) is 5.56 Å². The summed E-state index contributed by atoms with van der Waals surface area (Å²) in [6.45, 7) is 0. The Balaban J connectivity index is 2.07. The maximum Gasteiger partial charge on any atom is 0.299 e. The van der Waals surface area contributed by atoms with E-state index in [9.17, 15) is 4.79 Å². The molecule has 5 rings (SSSR count). The summed E-state index contributed by atoms with van der Waals surface area (Å²) < 4.78 is 4.19. The number of nitrogens with one attached hydrogen (secondary N) is 1. The summed E-state index contributed by atoms with van der Waals surface area (Å²) >= 11 is 9.76. The Labute approximate surface area is 154 Å². The van der Waals surface area contributed by atoms with Gasteiger partial charge < -0.3 is 4.98 Å². The fourth-order valence-corrected chi connectivity index (χ4v) is 3.76. The zero-order valence-electron chi connectivity index (χ0n) is 12.7. The predicted molar refractivity (Wildman–Crippen MR) is 103 cm³/mol. The van der Waals surface area contributed by atoms with Crippen molar-refractivity contribution in [2.45, 2.75) is 0 Å². The fourth-order valence-electron chi connectivity index (χ4n) is 3.27. The summed E-state index contributed by atoms with van der Waals surface area (Å²) in [6.07, 6.45) is 5.25. The van der Waals surface area contributed by atoms with Crippen LogP contribution < -0.4 is 5.56 Å². The number of nitrogens with zero attached hydrogens (tertiary/aromatic N) is 3. The third-order valence-electron chi connectivity index (χ3n) is 4.37. The highest BCUT2D eigenvalue weighted by atomic mass is 79.9. The summed E-state index contributed by atoms with van der Waals surface area (Å²) in [5, 5.41) is 1.54. The molecular weight excluding hydrogens is 404 g/mol. The molecule has 3 heterocycles. The highest BCUT2D eigenvalue weighted by Gasteiger charge is 2.16. The first kappa shape index (κ1) is 14.7. The Morgan fingerprint density at radius 3 is 2.92 bits per heavy atom. The van der Waals surface area contributed by atoms with Gasteiger partial charge in [0.15, 0.2) is 0 Å². The van der Waals surface area contributed by atoms with Crippen LogP contribution >= 0.6 is 27.5 Å². The van der Waals surface area contributed by atoms with Gasteiger partial charge >= 0.3 is 0 Å². The van der Waals surface area contributed by atoms with E-state index >= 15 is 0 Å². The van der Waals surface area contributed by atoms with Crippen molar-refractivity contribution in [3.05, 3.63) is 74.8 Å². The first-order valence-electron chi connectivity index (χ1n) is 7.58. The summed E-state index contributed by atoms with van der Waals surface area (Å²) in [6, 6.07) is 11.5. The van der Waals surface area contributed by atoms with Crippen molar-refractivity contribution >= 4 is 55.1 Å². The van der Waals surface area contributed by atoms with Crippen molar-refractivity contribution < 1.29 is 0 Å². The lowest BCUT2D eigenvalue weighted by atomic mass is 10.2. The number of benzene rings is 2. The largest absolute Gasteiger partial charge is 0.361 e. The van der Waals surface area contributed by atoms with Crippen LogP contribution in [0.25, 0.3) is 33.3 Å². The fraction of sp³-hybridized carbons (Fsp3) is 0. The molecule has 0 saturated heterocycles. The van der Waals surface area contributed by atoms with Gasteiger partial charge in [-0.25, -0.2) is 4.98 Å². The van der Waals surface area contributed by atoms with Crippen molar-refractivity contribution in [1.82, 2.24) is 18.9 Å². The van der Waals surface area contributed by atoms with Crippen LogP contribution in [-0.4, -0.2) is 18.9 Å². The van der Waals surface area contributed by atoms with Crippen molar-refractivity contribution in [1.29, 1.82) is 0 Å². The van der Waals surface area contributed by atoms with E-state index in [2.05, 4.69) is 25.9 Å². The van der Waals surface area contributed by atoms with E-state index in [0.29, 0.717) is 10.7 Å². The highest BCUT2D eigenvalue weighted by molar-refractivity contribution is 9.10. The molecule has 5 nitrogen and oxygen atoms in total. The van der Waals surface area contributed by atoms with Gasteiger partial charge in [-0.1, -0.05) is 17.7 Å². The molecule has 0 aliphatic heterocycles. The molecule has 1 N–H and O–H groups in total. The molecule has 0 spiro atoms. The Bertz CT molecular complexity index is 1350. The number of halogens is 2. The van der Waals surface area contributed by atoms with Crippen LogP contribution in [-0.2, 0) is 0 Å². The van der Waals surface area contributed by atoms with E-state index in [1.165, 1.54) is 0 Å². The first-order valence-corrected chi connectivity index (χ1v) is 8.75. The third-order valence-corrected chi connectivity index (χ3v) is 5.56. The average molecular weight is 414 g/mol. The van der Waals surface area contributed by atoms with E-state index < -0.39 is 0 Å². The van der Waals surface area contributed by atoms with Gasteiger partial charge in [-0.3, -0.25) is 13.8 Å². The summed E-state index contributed by atoms with van der Waals surface area (Å²) in [5.41, 5.74) is 3.51. The second-order valence-electron chi connectivity index (χ2n) is 5.73. The Kier molecular flexibility index (Phi) is 3.07. The number of rotatable bonds is 1. The molecule has 0 aliphatic rings. The average Bonchev–Trinajstić information content (AvgIpc) is 3.26. The van der Waals surface area contributed by atoms with E-state index in [0.717, 1.165) is 32.1 Å². The minimum Gasteiger partial charge on any atom is -0.361 e. The van der Waals surface area contributed by atoms with Gasteiger partial charge in [-0.05, 0) is 46.3 Å². The number of hydrogen-bond acceptors (Lipinski definition) is 2. The van der Waals surface area contributed by atoms with Crippen LogP contribution in [0.3, 0.4) is 0 Å². The van der Waals surface area contributed by atoms with Crippen molar-refractivity contribution in [3.8, 4) is 5.69 Å². The standard InChI is InChI=1S/C18H10BrClN4O/c19-11-8-16-15(9-12(11)20)23-7-6-22-17(23)18(25)24(16)14-3-1-2-13-10(14)4-5-21-13/h1-9,21H. The van der Waals surface area contributed by atoms with Crippen LogP contribution in [0.15, 0.2) is 64.3 Å². The van der Waals surface area contributed by atoms with Gasteiger partial charge in [-0.2, -0.15) is 0 Å². The molecular formula is C18H10BrClN4O. The molecule has 0 saturated carbocycles. The number of hydrogen-bond donors (Lipinski definition) is 1. The van der Waals surface area contributed by atoms with E-state index in [1.54, 1.807) is 21.4 Å². The third kappa shape index (κ3) is 2.01. The number of H-pyrrole nitrogens is 1. The van der Waals surface area contributed by atoms with Gasteiger partial charge in [0.05, 0.1) is 21.7 Å². The van der Waals surface area contributed by atoms with Gasteiger partial charge in [0.25, 0.3) is 5.56 Å². The minimum absolute atomic E-state index is 0.180. The lowest BCUT2D eigenvalue weighted by Crippen LogP contribution is -2.22. The molecule has 25 heavy (non-hydrogen) atoms. The molecule has 0 amide bonds. The molecule has 2 aromatic carbocycles. The van der Waals surface area contributed by atoms with Crippen LogP contribution in [0.4, 0.5) is 0 Å². The first-order chi connectivity index (χ1) is 12.1. The molecule has 5 aromatic rings. The van der Waals surface area contributed by atoms with Crippen molar-refractivity contribution in [2.75, 3.05) is 0 Å². The Morgan fingerprint density at radius 1 is 1.16 bits per heavy atom. The molecule has 0 fully saturated rings. The summed E-state index contributed by atoms with van der Waals surface area (Å²) in [4.78, 5) is 20.6. The minimum atomic E-state index is -0.180. The van der Waals surface area contributed by atoms with Crippen LogP contribution in [0.1, 0.15) is 0 Å². The normalized spacial score (nSPS) is 11.8.